The van der Waals surface area contributed by atoms with E-state index in [0.717, 1.165) is 37.9 Å². The van der Waals surface area contributed by atoms with E-state index in [4.69, 9.17) is 28.7 Å². The lowest BCUT2D eigenvalue weighted by Gasteiger charge is -2.22. The van der Waals surface area contributed by atoms with Gasteiger partial charge in [-0.1, -0.05) is 54.6 Å². The van der Waals surface area contributed by atoms with E-state index >= 15 is 0 Å². The van der Waals surface area contributed by atoms with Crippen molar-refractivity contribution in [3.63, 3.8) is 0 Å². The number of hydrogen-bond acceptors (Lipinski definition) is 5. The number of nitrogens with zero attached hydrogens (tertiary/aromatic N) is 2. The van der Waals surface area contributed by atoms with Gasteiger partial charge in [0.1, 0.15) is 12.1 Å². The van der Waals surface area contributed by atoms with Crippen molar-refractivity contribution in [3.8, 4) is 0 Å². The molecule has 0 aliphatic rings. The first-order valence-electron chi connectivity index (χ1n) is 13.8. The molecule has 0 unspecified atom stereocenters. The van der Waals surface area contributed by atoms with Gasteiger partial charge in [-0.25, -0.2) is 0 Å². The number of carbonyl (C=O) groups excluding carboxylic acids is 3. The standard InChI is InChI=1S/C30H37N9O3/c31-27(41)22(6-2-14-36-29(32)33)39-28(42)23(7-3-15-37-30(34)35)38-24(40)16-20-11-10-19-9-8-17-4-1-5-18-12-13-21(20)26(19)25(17)18/h1,4-5,8-13,22-23H,2-3,6-7,14-16H2,(H2,31,41)(H,38,40)(H,39,42)(H4,32,33,36)(H4,34,35,37)/t22-,23-/m0/s1. The number of nitrogens with two attached hydrogens (primary N) is 5. The van der Waals surface area contributed by atoms with Crippen molar-refractivity contribution < 1.29 is 14.4 Å². The van der Waals surface area contributed by atoms with Crippen LogP contribution in [0.1, 0.15) is 31.2 Å². The highest BCUT2D eigenvalue weighted by atomic mass is 16.2. The van der Waals surface area contributed by atoms with Crippen molar-refractivity contribution in [2.75, 3.05) is 13.1 Å². The Bertz CT molecular complexity index is 1630. The number of amides is 3. The molecule has 0 spiro atoms. The van der Waals surface area contributed by atoms with Crippen molar-refractivity contribution in [1.29, 1.82) is 0 Å². The zero-order valence-corrected chi connectivity index (χ0v) is 23.3. The van der Waals surface area contributed by atoms with E-state index in [9.17, 15) is 14.4 Å². The maximum Gasteiger partial charge on any atom is 0.243 e. The first-order chi connectivity index (χ1) is 20.1. The summed E-state index contributed by atoms with van der Waals surface area (Å²) in [5.74, 6) is -1.71. The third kappa shape index (κ3) is 7.33. The molecule has 0 saturated heterocycles. The Kier molecular flexibility index (Phi) is 9.58. The Labute approximate surface area is 243 Å². The van der Waals surface area contributed by atoms with Crippen LogP contribution < -0.4 is 39.3 Å². The van der Waals surface area contributed by atoms with Crippen LogP contribution in [-0.4, -0.2) is 54.8 Å². The monoisotopic (exact) mass is 571 g/mol. The van der Waals surface area contributed by atoms with E-state index in [1.807, 2.05) is 24.3 Å². The van der Waals surface area contributed by atoms with Crippen LogP contribution in [0.25, 0.3) is 32.3 Å². The van der Waals surface area contributed by atoms with Gasteiger partial charge in [-0.15, -0.1) is 0 Å². The summed E-state index contributed by atoms with van der Waals surface area (Å²) in [4.78, 5) is 46.5. The van der Waals surface area contributed by atoms with E-state index in [1.54, 1.807) is 0 Å². The van der Waals surface area contributed by atoms with Gasteiger partial charge < -0.3 is 39.3 Å². The molecule has 0 aromatic heterocycles. The quantitative estimate of drug-likeness (QED) is 0.0495. The molecular formula is C30H37N9O3. The fourth-order valence-electron chi connectivity index (χ4n) is 5.20. The largest absolute Gasteiger partial charge is 0.370 e. The summed E-state index contributed by atoms with van der Waals surface area (Å²) in [7, 11) is 0. The second-order valence-electron chi connectivity index (χ2n) is 10.2. The molecule has 3 amide bonds. The highest BCUT2D eigenvalue weighted by Crippen LogP contribution is 2.36. The average Bonchev–Trinajstić information content (AvgIpc) is 2.95. The molecule has 0 saturated carbocycles. The lowest BCUT2D eigenvalue weighted by atomic mass is 9.91. The molecule has 12 heteroatoms. The Morgan fingerprint density at radius 1 is 0.667 bits per heavy atom. The molecular weight excluding hydrogens is 534 g/mol. The number of benzene rings is 4. The van der Waals surface area contributed by atoms with E-state index in [1.165, 1.54) is 0 Å². The number of hydrogen-bond donors (Lipinski definition) is 7. The zero-order chi connectivity index (χ0) is 30.2. The third-order valence-electron chi connectivity index (χ3n) is 7.17. The van der Waals surface area contributed by atoms with Gasteiger partial charge in [-0.3, -0.25) is 24.4 Å². The van der Waals surface area contributed by atoms with E-state index in [-0.39, 0.29) is 50.2 Å². The van der Waals surface area contributed by atoms with Gasteiger partial charge in [0, 0.05) is 13.1 Å². The van der Waals surface area contributed by atoms with E-state index in [2.05, 4.69) is 51.0 Å². The predicted molar refractivity (Wildman–Crippen MR) is 167 cm³/mol. The Balaban J connectivity index is 1.51. The molecule has 42 heavy (non-hydrogen) atoms. The van der Waals surface area contributed by atoms with Gasteiger partial charge in [0.25, 0.3) is 0 Å². The van der Waals surface area contributed by atoms with Crippen LogP contribution in [0.4, 0.5) is 0 Å². The topological polar surface area (TPSA) is 230 Å². The molecule has 4 aromatic carbocycles. The van der Waals surface area contributed by atoms with Crippen LogP contribution in [0.2, 0.25) is 0 Å². The van der Waals surface area contributed by atoms with E-state index in [0.29, 0.717) is 12.8 Å². The first-order valence-corrected chi connectivity index (χ1v) is 13.8. The molecule has 0 radical (unpaired) electrons. The summed E-state index contributed by atoms with van der Waals surface area (Å²) in [5, 5.41) is 12.1. The molecule has 0 fully saturated rings. The lowest BCUT2D eigenvalue weighted by molar-refractivity contribution is -0.131. The third-order valence-corrected chi connectivity index (χ3v) is 7.17. The van der Waals surface area contributed by atoms with Crippen LogP contribution in [-0.2, 0) is 20.8 Å². The molecule has 0 aliphatic heterocycles. The smallest absolute Gasteiger partial charge is 0.243 e. The summed E-state index contributed by atoms with van der Waals surface area (Å²) in [6.45, 7) is 0.550. The van der Waals surface area contributed by atoms with Gasteiger partial charge in [-0.2, -0.15) is 0 Å². The Morgan fingerprint density at radius 3 is 1.81 bits per heavy atom. The van der Waals surface area contributed by atoms with Crippen molar-refractivity contribution in [1.82, 2.24) is 10.6 Å². The molecule has 0 heterocycles. The normalized spacial score (nSPS) is 12.6. The maximum atomic E-state index is 13.3. The summed E-state index contributed by atoms with van der Waals surface area (Å²) >= 11 is 0. The number of guanidine groups is 2. The average molecular weight is 572 g/mol. The van der Waals surface area contributed by atoms with Crippen LogP contribution >= 0.6 is 0 Å². The number of carbonyl (C=O) groups is 3. The minimum Gasteiger partial charge on any atom is -0.370 e. The van der Waals surface area contributed by atoms with Crippen molar-refractivity contribution >= 4 is 62.0 Å². The lowest BCUT2D eigenvalue weighted by Crippen LogP contribution is -2.53. The Morgan fingerprint density at radius 2 is 1.21 bits per heavy atom. The van der Waals surface area contributed by atoms with Crippen molar-refractivity contribution in [2.24, 2.45) is 38.7 Å². The SMILES string of the molecule is NC(=O)[C@H](CCCN=C(N)N)NC(=O)[C@H](CCCN=C(N)N)NC(=O)Cc1ccc2ccc3cccc4ccc1c2c34. The highest BCUT2D eigenvalue weighted by molar-refractivity contribution is 6.23. The fourth-order valence-corrected chi connectivity index (χ4v) is 5.20. The second kappa shape index (κ2) is 13.5. The second-order valence-corrected chi connectivity index (χ2v) is 10.2. The molecule has 0 bridgehead atoms. The number of aliphatic imine (C=N–C) groups is 2. The summed E-state index contributed by atoms with van der Waals surface area (Å²) < 4.78 is 0. The number of primary amides is 1. The number of rotatable bonds is 14. The van der Waals surface area contributed by atoms with Gasteiger partial charge in [0.2, 0.25) is 17.7 Å². The van der Waals surface area contributed by atoms with Gasteiger partial charge >= 0.3 is 0 Å². The summed E-state index contributed by atoms with van der Waals surface area (Å²) in [6, 6.07) is 16.5. The predicted octanol–water partition coefficient (Wildman–Crippen LogP) is 0.689. The van der Waals surface area contributed by atoms with Crippen LogP contribution in [0, 0.1) is 0 Å². The van der Waals surface area contributed by atoms with Crippen LogP contribution in [0.15, 0.2) is 64.6 Å². The van der Waals surface area contributed by atoms with E-state index < -0.39 is 23.9 Å². The molecule has 220 valence electrons. The number of nitrogens with one attached hydrogen (secondary N) is 2. The highest BCUT2D eigenvalue weighted by Gasteiger charge is 2.25. The molecule has 0 aliphatic carbocycles. The molecule has 12 nitrogen and oxygen atoms in total. The Hall–Kier alpha value is -5.13. The zero-order valence-electron chi connectivity index (χ0n) is 23.3. The van der Waals surface area contributed by atoms with Crippen molar-refractivity contribution in [2.45, 2.75) is 44.2 Å². The van der Waals surface area contributed by atoms with Crippen LogP contribution in [0.5, 0.6) is 0 Å². The van der Waals surface area contributed by atoms with Crippen molar-refractivity contribution in [3.05, 3.63) is 60.2 Å². The fraction of sp³-hybridized carbons (Fsp3) is 0.300. The van der Waals surface area contributed by atoms with Crippen LogP contribution in [0.3, 0.4) is 0 Å². The van der Waals surface area contributed by atoms with Gasteiger partial charge in [0.15, 0.2) is 11.9 Å². The minimum absolute atomic E-state index is 0.0591. The summed E-state index contributed by atoms with van der Waals surface area (Å²) in [6.07, 6.45) is 1.37. The summed E-state index contributed by atoms with van der Waals surface area (Å²) in [5.41, 5.74) is 27.9. The first kappa shape index (κ1) is 29.8. The molecule has 12 N–H and O–H groups in total. The maximum absolute atomic E-state index is 13.3. The van der Waals surface area contributed by atoms with Gasteiger partial charge in [-0.05, 0) is 63.6 Å². The minimum atomic E-state index is -0.957. The van der Waals surface area contributed by atoms with Gasteiger partial charge in [0.05, 0.1) is 6.42 Å². The molecule has 4 aromatic rings. The molecule has 4 rings (SSSR count). The molecule has 2 atom stereocenters.